The van der Waals surface area contributed by atoms with Gasteiger partial charge in [0.25, 0.3) is 0 Å². The maximum absolute atomic E-state index is 6.34. The van der Waals surface area contributed by atoms with Crippen LogP contribution in [-0.4, -0.2) is 11.6 Å². The number of benzene rings is 1. The summed E-state index contributed by atoms with van der Waals surface area (Å²) >= 11 is 12.5. The normalized spacial score (nSPS) is 22.2. The van der Waals surface area contributed by atoms with E-state index in [1.54, 1.807) is 6.07 Å². The maximum Gasteiger partial charge on any atom is 0.108 e. The van der Waals surface area contributed by atoms with E-state index in [0.29, 0.717) is 10.0 Å². The molecule has 0 saturated carbocycles. The summed E-state index contributed by atoms with van der Waals surface area (Å²) in [5.74, 6) is 0. The first kappa shape index (κ1) is 14.2. The molecule has 2 aromatic rings. The van der Waals surface area contributed by atoms with Gasteiger partial charge in [-0.05, 0) is 37.0 Å². The molecule has 1 unspecified atom stereocenters. The Kier molecular flexibility index (Phi) is 3.74. The molecule has 0 radical (unpaired) electrons. The second-order valence-electron chi connectivity index (χ2n) is 5.49. The first-order valence-corrected chi connectivity index (χ1v) is 8.01. The molecule has 1 aliphatic heterocycles. The number of H-pyrrole nitrogens is 1. The highest BCUT2D eigenvalue weighted by molar-refractivity contribution is 6.38. The quantitative estimate of drug-likeness (QED) is 0.800. The number of nitrogens with one attached hydrogen (secondary N) is 1. The minimum atomic E-state index is -0.197. The van der Waals surface area contributed by atoms with Gasteiger partial charge in [-0.2, -0.15) is 0 Å². The Balaban J connectivity index is 2.27. The summed E-state index contributed by atoms with van der Waals surface area (Å²) in [6.07, 6.45) is 4.00. The molecule has 1 atom stereocenters. The van der Waals surface area contributed by atoms with Crippen molar-refractivity contribution >= 4 is 34.1 Å². The Labute approximate surface area is 129 Å². The van der Waals surface area contributed by atoms with Gasteiger partial charge in [0.05, 0.1) is 22.8 Å². The minimum absolute atomic E-state index is 0.197. The van der Waals surface area contributed by atoms with Crippen LogP contribution in [0.2, 0.25) is 10.0 Å². The lowest BCUT2D eigenvalue weighted by molar-refractivity contribution is -0.0723. The predicted molar refractivity (Wildman–Crippen MR) is 84.9 cm³/mol. The van der Waals surface area contributed by atoms with Crippen LogP contribution in [-0.2, 0) is 16.8 Å². The van der Waals surface area contributed by atoms with Crippen molar-refractivity contribution in [1.82, 2.24) is 4.98 Å². The van der Waals surface area contributed by atoms with Gasteiger partial charge in [0.1, 0.15) is 5.60 Å². The van der Waals surface area contributed by atoms with E-state index in [1.165, 1.54) is 11.3 Å². The summed E-state index contributed by atoms with van der Waals surface area (Å²) in [6.45, 7) is 5.14. The molecule has 0 fully saturated rings. The summed E-state index contributed by atoms with van der Waals surface area (Å²) in [6, 6.07) is 3.80. The van der Waals surface area contributed by atoms with E-state index < -0.39 is 0 Å². The molecule has 1 aliphatic rings. The molecule has 1 aromatic carbocycles. The lowest BCUT2D eigenvalue weighted by Gasteiger charge is -2.36. The van der Waals surface area contributed by atoms with E-state index in [1.807, 2.05) is 6.07 Å². The van der Waals surface area contributed by atoms with E-state index in [0.717, 1.165) is 43.2 Å². The third-order valence-electron chi connectivity index (χ3n) is 4.34. The molecule has 4 heteroatoms. The summed E-state index contributed by atoms with van der Waals surface area (Å²) in [5.41, 5.74) is 3.32. The number of aromatic amines is 1. The molecule has 1 N–H and O–H groups in total. The lowest BCUT2D eigenvalue weighted by atomic mass is 9.85. The number of fused-ring (bicyclic) bond motifs is 3. The third kappa shape index (κ3) is 2.05. The third-order valence-corrected chi connectivity index (χ3v) is 4.86. The molecular weight excluding hydrogens is 293 g/mol. The molecule has 20 heavy (non-hydrogen) atoms. The average molecular weight is 312 g/mol. The summed E-state index contributed by atoms with van der Waals surface area (Å²) in [5, 5.41) is 2.52. The lowest BCUT2D eigenvalue weighted by Crippen LogP contribution is -2.35. The fourth-order valence-electron chi connectivity index (χ4n) is 3.40. The largest absolute Gasteiger partial charge is 0.368 e. The Morgan fingerprint density at radius 2 is 2.10 bits per heavy atom. The second kappa shape index (κ2) is 5.25. The highest BCUT2D eigenvalue weighted by atomic mass is 35.5. The van der Waals surface area contributed by atoms with Crippen LogP contribution in [0.5, 0.6) is 0 Å². The van der Waals surface area contributed by atoms with Crippen molar-refractivity contribution in [2.24, 2.45) is 0 Å². The van der Waals surface area contributed by atoms with Gasteiger partial charge >= 0.3 is 0 Å². The van der Waals surface area contributed by atoms with Gasteiger partial charge in [0.15, 0.2) is 0 Å². The van der Waals surface area contributed by atoms with Gasteiger partial charge in [-0.15, -0.1) is 0 Å². The number of aromatic nitrogens is 1. The van der Waals surface area contributed by atoms with E-state index in [2.05, 4.69) is 18.8 Å². The molecular formula is C16H19Cl2NO. The van der Waals surface area contributed by atoms with E-state index in [-0.39, 0.29) is 5.60 Å². The fraction of sp³-hybridized carbons (Fsp3) is 0.500. The molecule has 2 nitrogen and oxygen atoms in total. The highest BCUT2D eigenvalue weighted by Crippen LogP contribution is 2.43. The van der Waals surface area contributed by atoms with Gasteiger partial charge in [-0.25, -0.2) is 0 Å². The zero-order valence-electron chi connectivity index (χ0n) is 11.9. The maximum atomic E-state index is 6.34. The minimum Gasteiger partial charge on any atom is -0.368 e. The Morgan fingerprint density at radius 1 is 1.30 bits per heavy atom. The Hall–Kier alpha value is -0.700. The van der Waals surface area contributed by atoms with Gasteiger partial charge in [0.2, 0.25) is 0 Å². The van der Waals surface area contributed by atoms with Gasteiger partial charge in [-0.1, -0.05) is 43.5 Å². The summed E-state index contributed by atoms with van der Waals surface area (Å²) < 4.78 is 6.17. The van der Waals surface area contributed by atoms with Crippen molar-refractivity contribution in [3.63, 3.8) is 0 Å². The first-order chi connectivity index (χ1) is 9.61. The smallest absolute Gasteiger partial charge is 0.108 e. The number of ether oxygens (including phenoxy) is 1. The van der Waals surface area contributed by atoms with Crippen LogP contribution in [0, 0.1) is 0 Å². The van der Waals surface area contributed by atoms with Crippen LogP contribution < -0.4 is 0 Å². The van der Waals surface area contributed by atoms with Crippen molar-refractivity contribution in [3.05, 3.63) is 33.4 Å². The van der Waals surface area contributed by atoms with Crippen molar-refractivity contribution in [2.75, 3.05) is 6.61 Å². The SMILES string of the molecule is CCCC1(CC)OCCc2c1[nH]c1c(Cl)cc(Cl)cc21. The van der Waals surface area contributed by atoms with Crippen LogP contribution >= 0.6 is 23.2 Å². The molecule has 0 aliphatic carbocycles. The highest BCUT2D eigenvalue weighted by Gasteiger charge is 2.38. The topological polar surface area (TPSA) is 25.0 Å². The van der Waals surface area contributed by atoms with Gasteiger partial charge in [0, 0.05) is 10.4 Å². The Morgan fingerprint density at radius 3 is 2.80 bits per heavy atom. The molecule has 108 valence electrons. The van der Waals surface area contributed by atoms with Crippen LogP contribution in [0.3, 0.4) is 0 Å². The molecule has 3 rings (SSSR count). The number of halogens is 2. The second-order valence-corrected chi connectivity index (χ2v) is 6.33. The van der Waals surface area contributed by atoms with Crippen LogP contribution in [0.4, 0.5) is 0 Å². The van der Waals surface area contributed by atoms with E-state index in [9.17, 15) is 0 Å². The molecule has 0 saturated heterocycles. The van der Waals surface area contributed by atoms with E-state index in [4.69, 9.17) is 27.9 Å². The van der Waals surface area contributed by atoms with Crippen LogP contribution in [0.15, 0.2) is 12.1 Å². The first-order valence-electron chi connectivity index (χ1n) is 7.25. The molecule has 2 heterocycles. The molecule has 0 amide bonds. The number of hydrogen-bond acceptors (Lipinski definition) is 1. The Bertz CT molecular complexity index is 649. The van der Waals surface area contributed by atoms with Crippen molar-refractivity contribution in [3.8, 4) is 0 Å². The summed E-state index contributed by atoms with van der Waals surface area (Å²) in [4.78, 5) is 3.52. The van der Waals surface area contributed by atoms with Crippen molar-refractivity contribution in [1.29, 1.82) is 0 Å². The zero-order chi connectivity index (χ0) is 14.3. The predicted octanol–water partition coefficient (Wildman–Crippen LogP) is 5.45. The van der Waals surface area contributed by atoms with Gasteiger partial charge < -0.3 is 9.72 Å². The number of hydrogen-bond donors (Lipinski definition) is 1. The zero-order valence-corrected chi connectivity index (χ0v) is 13.4. The standard InChI is InChI=1S/C16H19Cl2NO/c1-3-6-16(4-2)15-11(5-7-20-16)12-8-10(17)9-13(18)14(12)19-15/h8-9,19H,3-7H2,1-2H3. The van der Waals surface area contributed by atoms with Crippen LogP contribution in [0.1, 0.15) is 44.4 Å². The molecule has 1 aromatic heterocycles. The van der Waals surface area contributed by atoms with Crippen molar-refractivity contribution in [2.45, 2.75) is 45.1 Å². The van der Waals surface area contributed by atoms with Crippen LogP contribution in [0.25, 0.3) is 10.9 Å². The monoisotopic (exact) mass is 311 g/mol. The average Bonchev–Trinajstić information content (AvgIpc) is 2.80. The fourth-order valence-corrected chi connectivity index (χ4v) is 3.94. The molecule has 0 bridgehead atoms. The summed E-state index contributed by atoms with van der Waals surface area (Å²) in [7, 11) is 0. The number of rotatable bonds is 3. The van der Waals surface area contributed by atoms with E-state index >= 15 is 0 Å². The van der Waals surface area contributed by atoms with Gasteiger partial charge in [-0.3, -0.25) is 0 Å². The molecule has 0 spiro atoms. The van der Waals surface area contributed by atoms with Crippen molar-refractivity contribution < 1.29 is 4.74 Å².